The molecule has 0 aliphatic carbocycles. The Kier molecular flexibility index (Phi) is 6.64. The molecule has 0 bridgehead atoms. The highest BCUT2D eigenvalue weighted by Crippen LogP contribution is 2.33. The Morgan fingerprint density at radius 3 is 2.71 bits per heavy atom. The lowest BCUT2D eigenvalue weighted by atomic mass is 10.3. The number of hydrogen-bond acceptors (Lipinski definition) is 9. The summed E-state index contributed by atoms with van der Waals surface area (Å²) >= 11 is 3.80. The van der Waals surface area contributed by atoms with Gasteiger partial charge in [0, 0.05) is 11.4 Å². The zero-order valence-electron chi connectivity index (χ0n) is 16.5. The summed E-state index contributed by atoms with van der Waals surface area (Å²) in [6.45, 7) is 2.18. The average molecular weight is 475 g/mol. The molecular formula is C20H18N4O4S3. The third kappa shape index (κ3) is 4.94. The monoisotopic (exact) mass is 474 g/mol. The van der Waals surface area contributed by atoms with Crippen LogP contribution >= 0.6 is 34.4 Å². The SMILES string of the molecule is CCCN(Cc1nnc(-c2cccs2)o1)C(=O)CN1C(=O)S/C(=C\c2cccs2)C1=O. The lowest BCUT2D eigenvalue weighted by Gasteiger charge is -2.22. The van der Waals surface area contributed by atoms with Gasteiger partial charge in [-0.15, -0.1) is 32.9 Å². The van der Waals surface area contributed by atoms with Crippen molar-refractivity contribution in [2.24, 2.45) is 0 Å². The van der Waals surface area contributed by atoms with Crippen LogP contribution in [-0.2, 0) is 16.1 Å². The maximum atomic E-state index is 12.9. The fraction of sp³-hybridized carbons (Fsp3) is 0.250. The zero-order chi connectivity index (χ0) is 21.8. The summed E-state index contributed by atoms with van der Waals surface area (Å²) in [6, 6.07) is 7.50. The molecule has 0 N–H and O–H groups in total. The van der Waals surface area contributed by atoms with Gasteiger partial charge in [0.2, 0.25) is 11.8 Å². The number of imide groups is 1. The fourth-order valence-corrected chi connectivity index (χ4v) is 5.12. The summed E-state index contributed by atoms with van der Waals surface area (Å²) in [6.07, 6.45) is 2.38. The minimum atomic E-state index is -0.453. The number of nitrogens with zero attached hydrogens (tertiary/aromatic N) is 4. The molecule has 11 heteroatoms. The minimum Gasteiger partial charge on any atom is -0.418 e. The van der Waals surface area contributed by atoms with E-state index in [0.29, 0.717) is 29.7 Å². The Hall–Kier alpha value is -2.76. The quantitative estimate of drug-likeness (QED) is 0.448. The van der Waals surface area contributed by atoms with Gasteiger partial charge in [-0.25, -0.2) is 0 Å². The van der Waals surface area contributed by atoms with Gasteiger partial charge in [-0.2, -0.15) is 0 Å². The number of thioether (sulfide) groups is 1. The summed E-state index contributed by atoms with van der Waals surface area (Å²) in [7, 11) is 0. The van der Waals surface area contributed by atoms with Crippen LogP contribution in [0.15, 0.2) is 44.3 Å². The minimum absolute atomic E-state index is 0.117. The summed E-state index contributed by atoms with van der Waals surface area (Å²) < 4.78 is 5.68. The van der Waals surface area contributed by atoms with E-state index in [-0.39, 0.29) is 19.0 Å². The molecule has 3 aromatic heterocycles. The summed E-state index contributed by atoms with van der Waals surface area (Å²) in [5.41, 5.74) is 0. The normalized spacial score (nSPS) is 15.3. The molecule has 4 heterocycles. The van der Waals surface area contributed by atoms with Gasteiger partial charge in [0.1, 0.15) is 6.54 Å². The predicted molar refractivity (Wildman–Crippen MR) is 120 cm³/mol. The van der Waals surface area contributed by atoms with Crippen molar-refractivity contribution in [3.8, 4) is 10.8 Å². The molecule has 1 saturated heterocycles. The Bertz CT molecular complexity index is 1110. The van der Waals surface area contributed by atoms with Crippen LogP contribution in [0.2, 0.25) is 0 Å². The van der Waals surface area contributed by atoms with Gasteiger partial charge in [-0.1, -0.05) is 19.1 Å². The summed E-state index contributed by atoms with van der Waals surface area (Å²) in [5.74, 6) is -0.0983. The van der Waals surface area contributed by atoms with Gasteiger partial charge in [-0.3, -0.25) is 19.3 Å². The largest absolute Gasteiger partial charge is 0.418 e. The number of rotatable bonds is 8. The first-order chi connectivity index (χ1) is 15.0. The molecule has 1 aliphatic heterocycles. The van der Waals surface area contributed by atoms with Crippen LogP contribution < -0.4 is 0 Å². The molecule has 0 unspecified atom stereocenters. The van der Waals surface area contributed by atoms with Crippen molar-refractivity contribution in [3.05, 3.63) is 50.7 Å². The maximum Gasteiger partial charge on any atom is 0.294 e. The third-order valence-electron chi connectivity index (χ3n) is 4.35. The van der Waals surface area contributed by atoms with Crippen molar-refractivity contribution in [2.45, 2.75) is 19.9 Å². The van der Waals surface area contributed by atoms with E-state index in [1.807, 2.05) is 41.9 Å². The molecule has 4 rings (SSSR count). The predicted octanol–water partition coefficient (Wildman–Crippen LogP) is 4.33. The lowest BCUT2D eigenvalue weighted by molar-refractivity contribution is -0.136. The van der Waals surface area contributed by atoms with Crippen LogP contribution in [0.25, 0.3) is 16.8 Å². The number of amides is 3. The Morgan fingerprint density at radius 1 is 1.19 bits per heavy atom. The molecule has 0 atom stereocenters. The van der Waals surface area contributed by atoms with Crippen molar-refractivity contribution >= 4 is 57.6 Å². The smallest absolute Gasteiger partial charge is 0.294 e. The lowest BCUT2D eigenvalue weighted by Crippen LogP contribution is -2.42. The van der Waals surface area contributed by atoms with E-state index in [2.05, 4.69) is 10.2 Å². The van der Waals surface area contributed by atoms with Crippen LogP contribution in [0.3, 0.4) is 0 Å². The highest BCUT2D eigenvalue weighted by Gasteiger charge is 2.37. The number of thiophene rings is 2. The number of aromatic nitrogens is 2. The molecule has 3 aromatic rings. The van der Waals surface area contributed by atoms with E-state index in [9.17, 15) is 14.4 Å². The van der Waals surface area contributed by atoms with E-state index in [4.69, 9.17) is 4.42 Å². The first-order valence-corrected chi connectivity index (χ1v) is 12.1. The van der Waals surface area contributed by atoms with Crippen molar-refractivity contribution in [1.82, 2.24) is 20.0 Å². The maximum absolute atomic E-state index is 12.9. The standard InChI is InChI=1S/C20H18N4O4S3/c1-2-7-23(11-16-21-22-18(28-16)14-6-4-9-30-14)17(25)12-24-19(26)15(31-20(24)27)10-13-5-3-8-29-13/h3-6,8-10H,2,7,11-12H2,1H3/b15-10-. The Balaban J connectivity index is 1.44. The first kappa shape index (κ1) is 21.5. The first-order valence-electron chi connectivity index (χ1n) is 9.48. The van der Waals surface area contributed by atoms with Crippen LogP contribution in [0.5, 0.6) is 0 Å². The molecule has 0 aromatic carbocycles. The molecule has 0 radical (unpaired) electrons. The summed E-state index contributed by atoms with van der Waals surface area (Å²) in [5, 5.41) is 11.4. The molecule has 3 amide bonds. The second kappa shape index (κ2) is 9.58. The fourth-order valence-electron chi connectivity index (χ4n) is 2.92. The van der Waals surface area contributed by atoms with E-state index in [1.54, 1.807) is 6.08 Å². The zero-order valence-corrected chi connectivity index (χ0v) is 19.0. The van der Waals surface area contributed by atoms with Crippen molar-refractivity contribution in [2.75, 3.05) is 13.1 Å². The molecule has 0 spiro atoms. The van der Waals surface area contributed by atoms with E-state index >= 15 is 0 Å². The van der Waals surface area contributed by atoms with Gasteiger partial charge < -0.3 is 9.32 Å². The number of carbonyl (C=O) groups excluding carboxylic acids is 3. The molecule has 31 heavy (non-hydrogen) atoms. The van der Waals surface area contributed by atoms with Crippen molar-refractivity contribution in [3.63, 3.8) is 0 Å². The summed E-state index contributed by atoms with van der Waals surface area (Å²) in [4.78, 5) is 42.5. The molecule has 1 aliphatic rings. The van der Waals surface area contributed by atoms with Gasteiger partial charge >= 0.3 is 0 Å². The van der Waals surface area contributed by atoms with Crippen LogP contribution in [0.1, 0.15) is 24.1 Å². The van der Waals surface area contributed by atoms with Gasteiger partial charge in [0.25, 0.3) is 17.0 Å². The molecule has 1 fully saturated rings. The van der Waals surface area contributed by atoms with E-state index in [1.165, 1.54) is 27.6 Å². The van der Waals surface area contributed by atoms with E-state index < -0.39 is 11.1 Å². The Labute approximate surface area is 190 Å². The molecule has 0 saturated carbocycles. The average Bonchev–Trinajstić information content (AvgIpc) is 3.54. The van der Waals surface area contributed by atoms with Crippen LogP contribution in [0.4, 0.5) is 4.79 Å². The number of hydrogen-bond donors (Lipinski definition) is 0. The highest BCUT2D eigenvalue weighted by atomic mass is 32.2. The topological polar surface area (TPSA) is 96.6 Å². The van der Waals surface area contributed by atoms with Gasteiger partial charge in [0.15, 0.2) is 0 Å². The molecular weight excluding hydrogens is 456 g/mol. The molecule has 8 nitrogen and oxygen atoms in total. The van der Waals surface area contributed by atoms with Crippen molar-refractivity contribution < 1.29 is 18.8 Å². The third-order valence-corrected chi connectivity index (χ3v) is 6.94. The van der Waals surface area contributed by atoms with Gasteiger partial charge in [0.05, 0.1) is 16.3 Å². The highest BCUT2D eigenvalue weighted by molar-refractivity contribution is 8.18. The number of carbonyl (C=O) groups is 3. The second-order valence-corrected chi connectivity index (χ2v) is 9.50. The van der Waals surface area contributed by atoms with Crippen LogP contribution in [0, 0.1) is 0 Å². The van der Waals surface area contributed by atoms with Crippen molar-refractivity contribution in [1.29, 1.82) is 0 Å². The second-order valence-electron chi connectivity index (χ2n) is 6.58. The van der Waals surface area contributed by atoms with Crippen LogP contribution in [-0.4, -0.2) is 50.1 Å². The molecule has 160 valence electrons. The van der Waals surface area contributed by atoms with Gasteiger partial charge in [-0.05, 0) is 47.2 Å². The Morgan fingerprint density at radius 2 is 2.00 bits per heavy atom. The van der Waals surface area contributed by atoms with E-state index in [0.717, 1.165) is 26.4 Å².